The lowest BCUT2D eigenvalue weighted by Gasteiger charge is -2.36. The number of aromatic amines is 1. The third-order valence-corrected chi connectivity index (χ3v) is 6.61. The lowest BCUT2D eigenvalue weighted by atomic mass is 10.2. The molecule has 1 aliphatic heterocycles. The Morgan fingerprint density at radius 1 is 1.45 bits per heavy atom. The maximum Gasteiger partial charge on any atom is 0.330 e. The predicted octanol–water partition coefficient (Wildman–Crippen LogP) is 3.01. The van der Waals surface area contributed by atoms with E-state index in [4.69, 9.17) is 15.2 Å². The molecule has 0 saturated carbocycles. The first-order chi connectivity index (χ1) is 15.2. The maximum absolute atomic E-state index is 12.4. The standard InChI is InChI=1S/C21H33N4O5P/c1-8-10-17-12-24(21(27)23-20(17)26)19-11-18(16(7)29-19)30-31(28-13-22-9-2)25(14(3)4)15(5)6/h12-16,18-19H,9,11H2,1-7H3,(H,23,26,27)/t16?,18-,19?,31?/m1/s1/i7D. The molecule has 172 valence electrons. The molecule has 2 rings (SSSR count). The highest BCUT2D eigenvalue weighted by Gasteiger charge is 2.39. The SMILES string of the molecule is [2H]CC1OC(n2cc(C#CC)c(=O)[nH]c2=O)C[C@H]1OP(OC=NCC)N(C(C)C)C(C)C. The Labute approximate surface area is 186 Å². The van der Waals surface area contributed by atoms with Gasteiger partial charge in [-0.15, -0.1) is 5.92 Å². The van der Waals surface area contributed by atoms with Gasteiger partial charge in [0.05, 0.1) is 12.2 Å². The van der Waals surface area contributed by atoms with E-state index in [1.807, 2.05) is 6.92 Å². The van der Waals surface area contributed by atoms with Crippen LogP contribution in [0.2, 0.25) is 0 Å². The number of H-pyrrole nitrogens is 1. The van der Waals surface area contributed by atoms with E-state index in [9.17, 15) is 9.59 Å². The highest BCUT2D eigenvalue weighted by molar-refractivity contribution is 7.45. The molecule has 10 heteroatoms. The van der Waals surface area contributed by atoms with Crippen LogP contribution in [-0.2, 0) is 13.8 Å². The molecule has 1 aliphatic rings. The molecule has 1 fully saturated rings. The molecule has 1 aromatic heterocycles. The molecule has 1 saturated heterocycles. The summed E-state index contributed by atoms with van der Waals surface area (Å²) >= 11 is 0. The third-order valence-electron chi connectivity index (χ3n) is 4.58. The Morgan fingerprint density at radius 2 is 2.16 bits per heavy atom. The Hall–Kier alpha value is -1.98. The Morgan fingerprint density at radius 3 is 2.74 bits per heavy atom. The van der Waals surface area contributed by atoms with Crippen molar-refractivity contribution in [3.05, 3.63) is 32.6 Å². The first-order valence-corrected chi connectivity index (χ1v) is 11.5. The van der Waals surface area contributed by atoms with E-state index >= 15 is 0 Å². The molecule has 0 bridgehead atoms. The Bertz CT molecular complexity index is 944. The van der Waals surface area contributed by atoms with E-state index in [-0.39, 0.29) is 24.5 Å². The van der Waals surface area contributed by atoms with Gasteiger partial charge in [-0.25, -0.2) is 9.46 Å². The molecule has 4 atom stereocenters. The number of aromatic nitrogens is 2. The number of nitrogens with zero attached hydrogens (tertiary/aromatic N) is 3. The van der Waals surface area contributed by atoms with Crippen LogP contribution in [-0.4, -0.2) is 51.5 Å². The fourth-order valence-corrected chi connectivity index (χ4v) is 4.90. The van der Waals surface area contributed by atoms with Gasteiger partial charge in [-0.05, 0) is 48.4 Å². The summed E-state index contributed by atoms with van der Waals surface area (Å²) in [6.45, 7) is 12.3. The fraction of sp³-hybridized carbons (Fsp3) is 0.667. The van der Waals surface area contributed by atoms with Gasteiger partial charge in [0, 0.05) is 32.6 Å². The van der Waals surface area contributed by atoms with Gasteiger partial charge in [-0.3, -0.25) is 19.3 Å². The van der Waals surface area contributed by atoms with Crippen molar-refractivity contribution in [2.24, 2.45) is 4.99 Å². The smallest absolute Gasteiger partial charge is 0.330 e. The highest BCUT2D eigenvalue weighted by atomic mass is 31.2. The molecule has 0 aromatic carbocycles. The summed E-state index contributed by atoms with van der Waals surface area (Å²) in [5.74, 6) is 5.35. The minimum atomic E-state index is -1.52. The van der Waals surface area contributed by atoms with Gasteiger partial charge in [0.25, 0.3) is 5.56 Å². The number of aliphatic imine (C=N–C) groups is 1. The van der Waals surface area contributed by atoms with Gasteiger partial charge >= 0.3 is 14.2 Å². The van der Waals surface area contributed by atoms with Crippen LogP contribution in [0.4, 0.5) is 0 Å². The lowest BCUT2D eigenvalue weighted by molar-refractivity contribution is -0.00778. The van der Waals surface area contributed by atoms with Crippen molar-refractivity contribution in [3.8, 4) is 11.8 Å². The lowest BCUT2D eigenvalue weighted by Crippen LogP contribution is -2.35. The average Bonchev–Trinajstić information content (AvgIpc) is 3.12. The summed E-state index contributed by atoms with van der Waals surface area (Å²) in [6, 6.07) is 0.307. The summed E-state index contributed by atoms with van der Waals surface area (Å²) in [6.07, 6.45) is 1.41. The fourth-order valence-electron chi connectivity index (χ4n) is 3.28. The second kappa shape index (κ2) is 11.6. The van der Waals surface area contributed by atoms with Gasteiger partial charge in [0.1, 0.15) is 11.8 Å². The van der Waals surface area contributed by atoms with Crippen LogP contribution in [0.5, 0.6) is 0 Å². The number of rotatable bonds is 9. The summed E-state index contributed by atoms with van der Waals surface area (Å²) in [4.78, 5) is 30.8. The van der Waals surface area contributed by atoms with Crippen LogP contribution < -0.4 is 11.2 Å². The molecule has 9 nitrogen and oxygen atoms in total. The molecule has 0 aliphatic carbocycles. The summed E-state index contributed by atoms with van der Waals surface area (Å²) in [5, 5.41) is 0. The van der Waals surface area contributed by atoms with Crippen LogP contribution >= 0.6 is 8.53 Å². The molecular formula is C21H33N4O5P. The van der Waals surface area contributed by atoms with Gasteiger partial charge in [-0.1, -0.05) is 5.92 Å². The zero-order valence-corrected chi connectivity index (χ0v) is 19.9. The van der Waals surface area contributed by atoms with Crippen molar-refractivity contribution in [1.82, 2.24) is 14.2 Å². The second-order valence-electron chi connectivity index (χ2n) is 7.61. The molecular weight excluding hydrogens is 419 g/mol. The minimum Gasteiger partial charge on any atom is -0.425 e. The van der Waals surface area contributed by atoms with Crippen LogP contribution in [0.1, 0.15) is 68.0 Å². The Kier molecular flexibility index (Phi) is 8.85. The average molecular weight is 453 g/mol. The highest BCUT2D eigenvalue weighted by Crippen LogP contribution is 2.49. The topological polar surface area (TPSA) is 98.2 Å². The maximum atomic E-state index is 12.4. The van der Waals surface area contributed by atoms with Crippen molar-refractivity contribution >= 4 is 14.9 Å². The van der Waals surface area contributed by atoms with E-state index in [1.165, 1.54) is 17.2 Å². The zero-order chi connectivity index (χ0) is 23.8. The van der Waals surface area contributed by atoms with Gasteiger partial charge in [-0.2, -0.15) is 0 Å². The van der Waals surface area contributed by atoms with Crippen molar-refractivity contribution in [1.29, 1.82) is 0 Å². The van der Waals surface area contributed by atoms with E-state index in [1.54, 1.807) is 6.92 Å². The summed E-state index contributed by atoms with van der Waals surface area (Å²) in [7, 11) is -1.52. The van der Waals surface area contributed by atoms with E-state index in [2.05, 4.69) is 54.2 Å². The predicted molar refractivity (Wildman–Crippen MR) is 122 cm³/mol. The molecule has 2 heterocycles. The van der Waals surface area contributed by atoms with Crippen molar-refractivity contribution in [2.45, 2.75) is 85.4 Å². The van der Waals surface area contributed by atoms with Gasteiger partial charge in [0.15, 0.2) is 6.40 Å². The van der Waals surface area contributed by atoms with E-state index in [0.717, 1.165) is 0 Å². The minimum absolute atomic E-state index is 0.0452. The monoisotopic (exact) mass is 453 g/mol. The Balaban J connectivity index is 2.31. The number of hydrogen-bond donors (Lipinski definition) is 1. The van der Waals surface area contributed by atoms with Gasteiger partial charge < -0.3 is 13.8 Å². The van der Waals surface area contributed by atoms with Crippen molar-refractivity contribution < 1.29 is 15.2 Å². The van der Waals surface area contributed by atoms with Crippen molar-refractivity contribution in [2.75, 3.05) is 6.54 Å². The number of ether oxygens (including phenoxy) is 1. The molecule has 0 amide bonds. The van der Waals surface area contributed by atoms with Crippen molar-refractivity contribution in [3.63, 3.8) is 0 Å². The third kappa shape index (κ3) is 6.50. The van der Waals surface area contributed by atoms with Crippen LogP contribution in [0.15, 0.2) is 20.8 Å². The summed E-state index contributed by atoms with van der Waals surface area (Å²) < 4.78 is 29.6. The summed E-state index contributed by atoms with van der Waals surface area (Å²) in [5.41, 5.74) is -0.958. The quantitative estimate of drug-likeness (QED) is 0.267. The first-order valence-electron chi connectivity index (χ1n) is 11.1. The molecule has 0 radical (unpaired) electrons. The molecule has 3 unspecified atom stereocenters. The number of nitrogens with one attached hydrogen (secondary N) is 1. The molecule has 1 N–H and O–H groups in total. The van der Waals surface area contributed by atoms with Crippen LogP contribution in [0.25, 0.3) is 0 Å². The molecule has 1 aromatic rings. The normalized spacial score (nSPS) is 22.7. The van der Waals surface area contributed by atoms with Gasteiger partial charge in [0.2, 0.25) is 0 Å². The first kappa shape index (κ1) is 23.7. The van der Waals surface area contributed by atoms with E-state index < -0.39 is 38.2 Å². The van der Waals surface area contributed by atoms with Crippen LogP contribution in [0, 0.1) is 11.8 Å². The number of hydrogen-bond acceptors (Lipinski definition) is 7. The second-order valence-corrected chi connectivity index (χ2v) is 8.97. The molecule has 31 heavy (non-hydrogen) atoms. The largest absolute Gasteiger partial charge is 0.425 e. The van der Waals surface area contributed by atoms with Crippen LogP contribution in [0.3, 0.4) is 0 Å². The molecule has 0 spiro atoms. The zero-order valence-electron chi connectivity index (χ0n) is 20.0. The van der Waals surface area contributed by atoms with E-state index in [0.29, 0.717) is 13.0 Å².